The van der Waals surface area contributed by atoms with Gasteiger partial charge in [-0.1, -0.05) is 49.4 Å². The van der Waals surface area contributed by atoms with Crippen LogP contribution in [0.4, 0.5) is 0 Å². The fraction of sp³-hybridized carbons (Fsp3) is 0.591. The summed E-state index contributed by atoms with van der Waals surface area (Å²) in [7, 11) is -1.14. The Morgan fingerprint density at radius 2 is 1.86 bits per heavy atom. The van der Waals surface area contributed by atoms with Gasteiger partial charge in [0.1, 0.15) is 12.3 Å². The van der Waals surface area contributed by atoms with Gasteiger partial charge in [0.15, 0.2) is 0 Å². The first-order chi connectivity index (χ1) is 12.8. The number of hydrogen-bond donors (Lipinski definition) is 0. The number of ether oxygens (including phenoxy) is 2. The summed E-state index contributed by atoms with van der Waals surface area (Å²) in [5, 5.41) is 0.904. The zero-order chi connectivity index (χ0) is 21.3. The molecule has 4 nitrogen and oxygen atoms in total. The number of nitrogens with zero attached hydrogens (tertiary/aromatic N) is 1. The molecule has 1 heterocycles. The van der Waals surface area contributed by atoms with Crippen molar-refractivity contribution < 1.29 is 14.3 Å². The van der Waals surface area contributed by atoms with Crippen LogP contribution in [0.15, 0.2) is 22.8 Å². The lowest BCUT2D eigenvalue weighted by atomic mass is 9.99. The number of aromatic nitrogens is 1. The Hall–Kier alpha value is -1.11. The highest BCUT2D eigenvalue weighted by molar-refractivity contribution is 9.10. The van der Waals surface area contributed by atoms with Crippen LogP contribution in [0.3, 0.4) is 0 Å². The minimum Gasteiger partial charge on any atom is -0.456 e. The van der Waals surface area contributed by atoms with Gasteiger partial charge in [0, 0.05) is 30.7 Å². The maximum Gasteiger partial charge on any atom is 0.340 e. The van der Waals surface area contributed by atoms with Gasteiger partial charge in [-0.15, -0.1) is 0 Å². The molecule has 0 saturated carbocycles. The van der Waals surface area contributed by atoms with Crippen LogP contribution in [0.1, 0.15) is 56.5 Å². The first-order valence-electron chi connectivity index (χ1n) is 9.92. The smallest absolute Gasteiger partial charge is 0.340 e. The normalized spacial score (nSPS) is 12.8. The molecule has 0 amide bonds. The largest absolute Gasteiger partial charge is 0.456 e. The second-order valence-corrected chi connectivity index (χ2v) is 16.4. The summed E-state index contributed by atoms with van der Waals surface area (Å²) in [6, 6.07) is 5.25. The molecule has 2 rings (SSSR count). The number of esters is 1. The predicted octanol–water partition coefficient (Wildman–Crippen LogP) is 6.79. The van der Waals surface area contributed by atoms with Gasteiger partial charge < -0.3 is 14.0 Å². The molecule has 0 aliphatic rings. The number of fused-ring (bicyclic) bond motifs is 1. The van der Waals surface area contributed by atoms with E-state index in [0.717, 1.165) is 28.0 Å². The molecular formula is C22H34BrNO3Si. The van der Waals surface area contributed by atoms with E-state index in [4.69, 9.17) is 9.47 Å². The third kappa shape index (κ3) is 6.19. The first kappa shape index (κ1) is 23.2. The fourth-order valence-corrected chi connectivity index (χ4v) is 4.25. The van der Waals surface area contributed by atoms with Gasteiger partial charge in [-0.05, 0) is 50.4 Å². The van der Waals surface area contributed by atoms with Crippen molar-refractivity contribution >= 4 is 40.9 Å². The zero-order valence-electron chi connectivity index (χ0n) is 18.5. The van der Waals surface area contributed by atoms with Crippen molar-refractivity contribution in [3.63, 3.8) is 0 Å². The highest BCUT2D eigenvalue weighted by Crippen LogP contribution is 2.34. The lowest BCUT2D eigenvalue weighted by molar-refractivity contribution is 0.00710. The second-order valence-electron chi connectivity index (χ2n) is 9.91. The van der Waals surface area contributed by atoms with Crippen LogP contribution in [0.2, 0.25) is 25.7 Å². The number of halogens is 1. The Morgan fingerprint density at radius 3 is 2.39 bits per heavy atom. The summed E-state index contributed by atoms with van der Waals surface area (Å²) in [5.41, 5.74) is 2.29. The average Bonchev–Trinajstić information content (AvgIpc) is 2.86. The van der Waals surface area contributed by atoms with Crippen LogP contribution in [0, 0.1) is 0 Å². The molecular weight excluding hydrogens is 434 g/mol. The quantitative estimate of drug-likeness (QED) is 0.255. The highest BCUT2D eigenvalue weighted by Gasteiger charge is 2.24. The van der Waals surface area contributed by atoms with Gasteiger partial charge in [0.25, 0.3) is 0 Å². The van der Waals surface area contributed by atoms with Crippen LogP contribution in [-0.2, 0) is 16.2 Å². The van der Waals surface area contributed by atoms with Crippen LogP contribution < -0.4 is 0 Å². The van der Waals surface area contributed by atoms with Gasteiger partial charge in [-0.2, -0.15) is 0 Å². The summed E-state index contributed by atoms with van der Waals surface area (Å²) in [6.07, 6.45) is 1.88. The first-order valence-corrected chi connectivity index (χ1v) is 14.4. The molecule has 1 aromatic heterocycles. The van der Waals surface area contributed by atoms with E-state index >= 15 is 0 Å². The third-order valence-electron chi connectivity index (χ3n) is 4.43. The molecule has 0 radical (unpaired) electrons. The summed E-state index contributed by atoms with van der Waals surface area (Å²) in [6.45, 7) is 18.2. The summed E-state index contributed by atoms with van der Waals surface area (Å²) in [5.74, 6) is 0.0216. The van der Waals surface area contributed by atoms with Gasteiger partial charge in [0.2, 0.25) is 0 Å². The Kier molecular flexibility index (Phi) is 7.21. The topological polar surface area (TPSA) is 40.5 Å². The molecule has 0 aliphatic heterocycles. The number of rotatable bonds is 7. The molecule has 156 valence electrons. The van der Waals surface area contributed by atoms with Gasteiger partial charge in [-0.25, -0.2) is 4.79 Å². The van der Waals surface area contributed by atoms with E-state index in [1.54, 1.807) is 0 Å². The molecule has 0 spiro atoms. The summed E-state index contributed by atoms with van der Waals surface area (Å²) in [4.78, 5) is 12.9. The van der Waals surface area contributed by atoms with Crippen molar-refractivity contribution in [3.8, 4) is 0 Å². The SMILES string of the molecule is CC(C)c1cc(Br)cc2c(C(=O)OC(C)(C)C)cn(COCC[Si](C)(C)C)c12. The van der Waals surface area contributed by atoms with E-state index in [2.05, 4.69) is 60.1 Å². The average molecular weight is 469 g/mol. The monoisotopic (exact) mass is 467 g/mol. The van der Waals surface area contributed by atoms with Crippen LogP contribution >= 0.6 is 15.9 Å². The second kappa shape index (κ2) is 8.72. The Bertz CT molecular complexity index is 844. The number of benzene rings is 1. The predicted molar refractivity (Wildman–Crippen MR) is 123 cm³/mol. The van der Waals surface area contributed by atoms with Crippen LogP contribution in [0.25, 0.3) is 10.9 Å². The van der Waals surface area contributed by atoms with E-state index in [1.165, 1.54) is 5.56 Å². The minimum absolute atomic E-state index is 0.300. The van der Waals surface area contributed by atoms with Crippen molar-refractivity contribution in [2.24, 2.45) is 0 Å². The molecule has 0 atom stereocenters. The molecule has 0 bridgehead atoms. The summed E-state index contributed by atoms with van der Waals surface area (Å²) >= 11 is 3.60. The lowest BCUT2D eigenvalue weighted by Gasteiger charge is -2.19. The van der Waals surface area contributed by atoms with E-state index in [1.807, 2.05) is 33.0 Å². The number of carbonyl (C=O) groups excluding carboxylic acids is 1. The highest BCUT2D eigenvalue weighted by atomic mass is 79.9. The molecule has 0 aliphatic carbocycles. The minimum atomic E-state index is -1.14. The maximum absolute atomic E-state index is 12.9. The molecule has 0 fully saturated rings. The van der Waals surface area contributed by atoms with E-state index < -0.39 is 13.7 Å². The van der Waals surface area contributed by atoms with E-state index in [9.17, 15) is 4.79 Å². The summed E-state index contributed by atoms with van der Waals surface area (Å²) < 4.78 is 14.7. The fourth-order valence-electron chi connectivity index (χ4n) is 3.02. The molecule has 2 aromatic rings. The van der Waals surface area contributed by atoms with Gasteiger partial charge in [0.05, 0.1) is 11.1 Å². The van der Waals surface area contributed by atoms with Crippen molar-refractivity contribution in [2.45, 2.75) is 78.6 Å². The molecule has 0 N–H and O–H groups in total. The molecule has 0 unspecified atom stereocenters. The Labute approximate surface area is 178 Å². The van der Waals surface area contributed by atoms with Crippen molar-refractivity contribution in [1.82, 2.24) is 4.57 Å². The number of carbonyl (C=O) groups is 1. The molecule has 0 saturated heterocycles. The lowest BCUT2D eigenvalue weighted by Crippen LogP contribution is -2.23. The standard InChI is InChI=1S/C22H34BrNO3Si/c1-15(2)17-11-16(23)12-18-19(21(25)27-22(3,4)5)13-24(20(17)18)14-26-9-10-28(6,7)8/h11-13,15H,9-10,14H2,1-8H3. The maximum atomic E-state index is 12.9. The zero-order valence-corrected chi connectivity index (χ0v) is 21.1. The van der Waals surface area contributed by atoms with Gasteiger partial charge >= 0.3 is 5.97 Å². The molecule has 6 heteroatoms. The molecule has 28 heavy (non-hydrogen) atoms. The van der Waals surface area contributed by atoms with E-state index in [0.29, 0.717) is 18.2 Å². The van der Waals surface area contributed by atoms with Gasteiger partial charge in [-0.3, -0.25) is 0 Å². The Balaban J connectivity index is 2.46. The third-order valence-corrected chi connectivity index (χ3v) is 6.60. The number of hydrogen-bond acceptors (Lipinski definition) is 3. The van der Waals surface area contributed by atoms with Crippen molar-refractivity contribution in [1.29, 1.82) is 0 Å². The van der Waals surface area contributed by atoms with Crippen LogP contribution in [-0.4, -0.2) is 30.8 Å². The van der Waals surface area contributed by atoms with E-state index in [-0.39, 0.29) is 5.97 Å². The van der Waals surface area contributed by atoms with Crippen LogP contribution in [0.5, 0.6) is 0 Å². The Morgan fingerprint density at radius 1 is 1.21 bits per heavy atom. The molecule has 1 aromatic carbocycles. The van der Waals surface area contributed by atoms with Crippen molar-refractivity contribution in [2.75, 3.05) is 6.61 Å². The van der Waals surface area contributed by atoms with Crippen molar-refractivity contribution in [3.05, 3.63) is 33.9 Å².